The first-order valence-electron chi connectivity index (χ1n) is 22.3. The van der Waals surface area contributed by atoms with Crippen molar-refractivity contribution in [1.82, 2.24) is 25.2 Å². The van der Waals surface area contributed by atoms with E-state index in [-0.39, 0.29) is 47.2 Å². The highest BCUT2D eigenvalue weighted by molar-refractivity contribution is 7.57. The van der Waals surface area contributed by atoms with Gasteiger partial charge in [-0.1, -0.05) is 31.2 Å². The van der Waals surface area contributed by atoms with Crippen molar-refractivity contribution in [2.24, 2.45) is 11.8 Å². The predicted molar refractivity (Wildman–Crippen MR) is 240 cm³/mol. The van der Waals surface area contributed by atoms with E-state index >= 15 is 4.39 Å². The third kappa shape index (κ3) is 8.60. The summed E-state index contributed by atoms with van der Waals surface area (Å²) >= 11 is 1.21. The average Bonchev–Trinajstić information content (AvgIpc) is 4.03. The molecule has 5 fully saturated rings. The lowest BCUT2D eigenvalue weighted by Crippen LogP contribution is -2.57. The fourth-order valence-corrected chi connectivity index (χ4v) is 13.2. The Bertz CT molecular complexity index is 2450. The Kier molecular flexibility index (Phi) is 11.9. The third-order valence-corrected chi connectivity index (χ3v) is 17.0. The van der Waals surface area contributed by atoms with E-state index < -0.39 is 43.4 Å². The second-order valence-corrected chi connectivity index (χ2v) is 21.6. The summed E-state index contributed by atoms with van der Waals surface area (Å²) in [4.78, 5) is 67.0. The minimum Gasteiger partial charge on any atom is -0.465 e. The number of carbonyl (C=O) groups excluding carboxylic acids is 4. The van der Waals surface area contributed by atoms with Gasteiger partial charge < -0.3 is 29.3 Å². The first-order chi connectivity index (χ1) is 30.3. The van der Waals surface area contributed by atoms with E-state index in [1.807, 2.05) is 38.2 Å². The number of rotatable bonds is 14. The molecule has 0 radical (unpaired) electrons. The molecule has 334 valence electrons. The number of hydrogen-bond acceptors (Lipinski definition) is 10. The van der Waals surface area contributed by atoms with Crippen LogP contribution in [-0.2, 0) is 23.7 Å². The lowest BCUT2D eigenvalue weighted by atomic mass is 9.95. The standard InChI is InChI=1S/C47H56FN6O7PS/c1-5-19-60-46(58)28(2)51-62(59,61-35-9-7-6-8-10-35)42(48)29-11-14-40-32(20-29)24-41(63-40)43(55)50-37-23-31-21-30(31)22-34-12-13-39(54(34)44(37)56)45(57)53-27-33(25-47(53)16-17-47)36-26-49-18-15-38(36)52(3)4/h6-11,14-15,18,20,24,26,28,30-31,33-34,37,39,42H,5,12-13,16-17,19,21-23,25,27H2,1-4H3,(H,50,55)(H,51,59)/t28-,30+,31-,33+,34+,37-,39-,42+,62+/m0/s1. The summed E-state index contributed by atoms with van der Waals surface area (Å²) in [5.41, 5.74) is 2.10. The summed E-state index contributed by atoms with van der Waals surface area (Å²) in [6.45, 7) is 4.05. The smallest absolute Gasteiger partial charge is 0.355 e. The van der Waals surface area contributed by atoms with Crippen LogP contribution in [0.3, 0.4) is 0 Å². The van der Waals surface area contributed by atoms with Gasteiger partial charge in [0.25, 0.3) is 5.91 Å². The lowest BCUT2D eigenvalue weighted by molar-refractivity contribution is -0.148. The summed E-state index contributed by atoms with van der Waals surface area (Å²) in [5.74, 6) is -2.36. The number of aromatic nitrogens is 1. The molecule has 3 saturated heterocycles. The Morgan fingerprint density at radius 1 is 1.05 bits per heavy atom. The molecule has 2 saturated carbocycles. The summed E-state index contributed by atoms with van der Waals surface area (Å²) in [7, 11) is -0.405. The number of pyridine rings is 1. The zero-order chi connectivity index (χ0) is 44.2. The number of para-hydroxylation sites is 1. The summed E-state index contributed by atoms with van der Waals surface area (Å²) in [6, 6.07) is 14.0. The highest BCUT2D eigenvalue weighted by Crippen LogP contribution is 2.59. The maximum absolute atomic E-state index is 16.6. The van der Waals surface area contributed by atoms with Crippen molar-refractivity contribution < 1.29 is 37.4 Å². The van der Waals surface area contributed by atoms with Crippen LogP contribution in [0.2, 0.25) is 0 Å². The van der Waals surface area contributed by atoms with E-state index in [4.69, 9.17) is 9.26 Å². The van der Waals surface area contributed by atoms with Crippen LogP contribution in [0.25, 0.3) is 10.1 Å². The van der Waals surface area contributed by atoms with Crippen LogP contribution in [0, 0.1) is 11.8 Å². The average molecular weight is 899 g/mol. The molecule has 9 atom stereocenters. The van der Waals surface area contributed by atoms with Gasteiger partial charge >= 0.3 is 13.5 Å². The molecular weight excluding hydrogens is 843 g/mol. The van der Waals surface area contributed by atoms with Gasteiger partial charge in [-0.05, 0) is 129 Å². The maximum Gasteiger partial charge on any atom is 0.355 e. The van der Waals surface area contributed by atoms with Gasteiger partial charge in [-0.3, -0.25) is 28.7 Å². The van der Waals surface area contributed by atoms with E-state index in [0.717, 1.165) is 49.8 Å². The first-order valence-corrected chi connectivity index (χ1v) is 24.8. The molecule has 0 bridgehead atoms. The van der Waals surface area contributed by atoms with Gasteiger partial charge in [0.2, 0.25) is 17.7 Å². The fraction of sp³-hybridized carbons (Fsp3) is 0.511. The van der Waals surface area contributed by atoms with Crippen molar-refractivity contribution in [2.45, 2.75) is 113 Å². The van der Waals surface area contributed by atoms with Crippen LogP contribution in [0.15, 0.2) is 73.1 Å². The first kappa shape index (κ1) is 43.4. The molecule has 5 aliphatic rings. The molecule has 13 nitrogen and oxygen atoms in total. The number of nitrogens with zero attached hydrogens (tertiary/aromatic N) is 4. The number of nitrogens with one attached hydrogen (secondary N) is 2. The second kappa shape index (κ2) is 17.3. The van der Waals surface area contributed by atoms with Gasteiger partial charge in [0, 0.05) is 60.9 Å². The zero-order valence-corrected chi connectivity index (χ0v) is 37.9. The Morgan fingerprint density at radius 2 is 1.83 bits per heavy atom. The molecule has 4 aromatic rings. The van der Waals surface area contributed by atoms with Gasteiger partial charge in [-0.25, -0.2) is 9.48 Å². The maximum atomic E-state index is 16.6. The number of amides is 3. The van der Waals surface area contributed by atoms with Crippen molar-refractivity contribution in [3.05, 3.63) is 89.1 Å². The number of esters is 1. The topological polar surface area (TPSA) is 150 Å². The molecule has 63 heavy (non-hydrogen) atoms. The number of carbonyl (C=O) groups is 4. The van der Waals surface area contributed by atoms with Gasteiger partial charge in [0.05, 0.1) is 11.5 Å². The fourth-order valence-electron chi connectivity index (χ4n) is 10.3. The molecule has 2 aliphatic carbocycles. The summed E-state index contributed by atoms with van der Waals surface area (Å²) in [5, 5.41) is 6.23. The van der Waals surface area contributed by atoms with Crippen molar-refractivity contribution >= 4 is 58.3 Å². The second-order valence-electron chi connectivity index (χ2n) is 18.4. The van der Waals surface area contributed by atoms with E-state index in [1.54, 1.807) is 48.7 Å². The van der Waals surface area contributed by atoms with Gasteiger partial charge in [-0.15, -0.1) is 11.3 Å². The van der Waals surface area contributed by atoms with Crippen molar-refractivity contribution in [3.63, 3.8) is 0 Å². The minimum absolute atomic E-state index is 0.0189. The number of halogens is 1. The zero-order valence-electron chi connectivity index (χ0n) is 36.2. The number of alkyl halides is 1. The van der Waals surface area contributed by atoms with Crippen molar-refractivity contribution in [1.29, 1.82) is 0 Å². The summed E-state index contributed by atoms with van der Waals surface area (Å²) < 4.78 is 42.7. The monoisotopic (exact) mass is 898 g/mol. The predicted octanol–water partition coefficient (Wildman–Crippen LogP) is 7.97. The highest BCUT2D eigenvalue weighted by Gasteiger charge is 2.59. The van der Waals surface area contributed by atoms with Gasteiger partial charge in [0.1, 0.15) is 23.9 Å². The number of fused-ring (bicyclic) bond motifs is 3. The molecule has 9 rings (SSSR count). The normalized spacial score (nSPS) is 26.5. The van der Waals surface area contributed by atoms with E-state index in [0.29, 0.717) is 52.6 Å². The van der Waals surface area contributed by atoms with Crippen LogP contribution in [0.4, 0.5) is 10.1 Å². The largest absolute Gasteiger partial charge is 0.465 e. The third-order valence-electron chi connectivity index (χ3n) is 13.8. The van der Waals surface area contributed by atoms with Crippen LogP contribution in [0.5, 0.6) is 5.75 Å². The minimum atomic E-state index is -4.45. The van der Waals surface area contributed by atoms with Crippen molar-refractivity contribution in [2.75, 3.05) is 32.1 Å². The molecule has 2 aromatic carbocycles. The van der Waals surface area contributed by atoms with E-state index in [2.05, 4.69) is 25.2 Å². The number of benzene rings is 2. The summed E-state index contributed by atoms with van der Waals surface area (Å²) in [6.07, 6.45) is 10.9. The number of thiophene rings is 1. The molecule has 5 heterocycles. The van der Waals surface area contributed by atoms with Crippen LogP contribution < -0.4 is 19.8 Å². The Hall–Kier alpha value is -4.85. The molecule has 3 amide bonds. The number of likely N-dealkylation sites (tertiary alicyclic amines) is 1. The molecule has 2 aromatic heterocycles. The molecule has 3 aliphatic heterocycles. The van der Waals surface area contributed by atoms with Crippen LogP contribution in [0.1, 0.15) is 104 Å². The Labute approximate surface area is 371 Å². The quantitative estimate of drug-likeness (QED) is 0.0943. The SMILES string of the molecule is CCCOC(=O)[C@H](C)N[P@](=O)(Oc1ccccc1)[C@@H](F)c1ccc2sc(C(=O)N[C@H]3C[C@@H]4C[C@@H]4C[C@H]4CC[C@@H](C(=O)N5C[C@H](c6cnccc6N(C)C)CC56CC6)N4C3=O)cc2c1. The molecule has 2 N–H and O–H groups in total. The Balaban J connectivity index is 0.922. The van der Waals surface area contributed by atoms with Crippen molar-refractivity contribution in [3.8, 4) is 5.75 Å². The highest BCUT2D eigenvalue weighted by atomic mass is 32.1. The van der Waals surface area contributed by atoms with Crippen LogP contribution in [-0.4, -0.2) is 95.4 Å². The van der Waals surface area contributed by atoms with E-state index in [9.17, 15) is 23.7 Å². The van der Waals surface area contributed by atoms with Gasteiger partial charge in [0.15, 0.2) is 0 Å². The van der Waals surface area contributed by atoms with Crippen LogP contribution >= 0.6 is 18.9 Å². The number of anilines is 1. The molecule has 1 spiro atoms. The number of ether oxygens (including phenoxy) is 1. The molecule has 0 unspecified atom stereocenters. The number of hydrogen-bond donors (Lipinski definition) is 2. The lowest BCUT2D eigenvalue weighted by Gasteiger charge is -2.37. The van der Waals surface area contributed by atoms with Gasteiger partial charge in [-0.2, -0.15) is 0 Å². The Morgan fingerprint density at radius 3 is 2.57 bits per heavy atom. The van der Waals surface area contributed by atoms with E-state index in [1.165, 1.54) is 30.4 Å². The molecule has 16 heteroatoms. The molecular formula is C47H56FN6O7PS.